The van der Waals surface area contributed by atoms with Crippen molar-refractivity contribution in [2.75, 3.05) is 33.9 Å². The molecule has 0 aliphatic carbocycles. The highest BCUT2D eigenvalue weighted by atomic mass is 35.5. The van der Waals surface area contributed by atoms with Crippen LogP contribution in [0.25, 0.3) is 0 Å². The second-order valence-electron chi connectivity index (χ2n) is 2.44. The molecule has 0 bridgehead atoms. The third-order valence-electron chi connectivity index (χ3n) is 1.38. The maximum Gasteiger partial charge on any atom is 0.304 e. The van der Waals surface area contributed by atoms with Crippen LogP contribution < -0.4 is 0 Å². The van der Waals surface area contributed by atoms with Crippen molar-refractivity contribution in [2.45, 2.75) is 6.42 Å². The van der Waals surface area contributed by atoms with Crippen molar-refractivity contribution in [3.8, 4) is 0 Å². The Labute approximate surface area is 78.9 Å². The summed E-state index contributed by atoms with van der Waals surface area (Å²) in [5.74, 6) is -0.755. The molecule has 0 radical (unpaired) electrons. The highest BCUT2D eigenvalue weighted by molar-refractivity contribution is 5.85. The summed E-state index contributed by atoms with van der Waals surface area (Å²) < 4.78 is 4.83. The molecule has 0 atom stereocenters. The molecule has 0 aromatic carbocycles. The van der Waals surface area contributed by atoms with E-state index in [1.807, 2.05) is 11.9 Å². The summed E-state index contributed by atoms with van der Waals surface area (Å²) >= 11 is 0. The van der Waals surface area contributed by atoms with E-state index in [-0.39, 0.29) is 18.8 Å². The Balaban J connectivity index is 0. The van der Waals surface area contributed by atoms with Gasteiger partial charge in [-0.15, -0.1) is 12.4 Å². The summed E-state index contributed by atoms with van der Waals surface area (Å²) in [7, 11) is 3.51. The molecule has 74 valence electrons. The minimum absolute atomic E-state index is 0. The molecule has 0 aliphatic rings. The average molecular weight is 198 g/mol. The Hall–Kier alpha value is -0.320. The van der Waals surface area contributed by atoms with Crippen LogP contribution in [0.3, 0.4) is 0 Å². The summed E-state index contributed by atoms with van der Waals surface area (Å²) in [6, 6.07) is 0. The van der Waals surface area contributed by atoms with Gasteiger partial charge in [-0.2, -0.15) is 0 Å². The van der Waals surface area contributed by atoms with Gasteiger partial charge in [0.2, 0.25) is 0 Å². The number of halogens is 1. The predicted molar refractivity (Wildman–Crippen MR) is 48.9 cm³/mol. The number of carboxylic acids is 1. The van der Waals surface area contributed by atoms with Crippen LogP contribution in [0.1, 0.15) is 6.42 Å². The molecule has 0 aromatic heterocycles. The number of likely N-dealkylation sites (N-methyl/N-ethyl adjacent to an activating group) is 1. The van der Waals surface area contributed by atoms with E-state index in [1.54, 1.807) is 7.11 Å². The third-order valence-corrected chi connectivity index (χ3v) is 1.38. The summed E-state index contributed by atoms with van der Waals surface area (Å²) in [4.78, 5) is 12.0. The number of rotatable bonds is 6. The van der Waals surface area contributed by atoms with Crippen molar-refractivity contribution in [1.29, 1.82) is 0 Å². The van der Waals surface area contributed by atoms with Crippen LogP contribution in [0.4, 0.5) is 0 Å². The quantitative estimate of drug-likeness (QED) is 0.672. The van der Waals surface area contributed by atoms with Gasteiger partial charge in [-0.05, 0) is 7.05 Å². The lowest BCUT2D eigenvalue weighted by atomic mass is 10.4. The number of ether oxygens (including phenoxy) is 1. The first kappa shape index (κ1) is 14.2. The Kier molecular flexibility index (Phi) is 10.4. The van der Waals surface area contributed by atoms with Crippen LogP contribution in [0, 0.1) is 0 Å². The number of nitrogens with zero attached hydrogens (tertiary/aromatic N) is 1. The smallest absolute Gasteiger partial charge is 0.304 e. The molecule has 0 spiro atoms. The average Bonchev–Trinajstić information content (AvgIpc) is 1.97. The second-order valence-corrected chi connectivity index (χ2v) is 2.44. The maximum absolute atomic E-state index is 10.1. The minimum Gasteiger partial charge on any atom is -0.481 e. The van der Waals surface area contributed by atoms with E-state index in [4.69, 9.17) is 9.84 Å². The molecule has 0 saturated carbocycles. The molecule has 0 fully saturated rings. The fourth-order valence-electron chi connectivity index (χ4n) is 0.645. The Bertz CT molecular complexity index is 121. The molecule has 12 heavy (non-hydrogen) atoms. The minimum atomic E-state index is -0.755. The van der Waals surface area contributed by atoms with E-state index in [0.29, 0.717) is 13.2 Å². The van der Waals surface area contributed by atoms with Crippen molar-refractivity contribution < 1.29 is 14.6 Å². The SMILES string of the molecule is COCCN(C)CCC(=O)O.Cl. The number of methoxy groups -OCH3 is 1. The summed E-state index contributed by atoms with van der Waals surface area (Å²) in [5.41, 5.74) is 0. The fraction of sp³-hybridized carbons (Fsp3) is 0.857. The van der Waals surface area contributed by atoms with Crippen LogP contribution >= 0.6 is 12.4 Å². The van der Waals surface area contributed by atoms with E-state index in [1.165, 1.54) is 0 Å². The normalized spacial score (nSPS) is 9.58. The molecule has 4 nitrogen and oxygen atoms in total. The molecule has 0 aromatic rings. The van der Waals surface area contributed by atoms with Gasteiger partial charge >= 0.3 is 5.97 Å². The first-order valence-electron chi connectivity index (χ1n) is 3.56. The zero-order chi connectivity index (χ0) is 8.69. The van der Waals surface area contributed by atoms with Crippen LogP contribution in [0.15, 0.2) is 0 Å². The van der Waals surface area contributed by atoms with E-state index < -0.39 is 5.97 Å². The lowest BCUT2D eigenvalue weighted by molar-refractivity contribution is -0.137. The van der Waals surface area contributed by atoms with E-state index in [2.05, 4.69) is 0 Å². The van der Waals surface area contributed by atoms with E-state index in [0.717, 1.165) is 6.54 Å². The van der Waals surface area contributed by atoms with Gasteiger partial charge in [0.1, 0.15) is 0 Å². The first-order chi connectivity index (χ1) is 5.16. The molecule has 0 rings (SSSR count). The molecule has 0 saturated heterocycles. The van der Waals surface area contributed by atoms with Gasteiger partial charge in [-0.3, -0.25) is 4.79 Å². The van der Waals surface area contributed by atoms with Gasteiger partial charge in [0, 0.05) is 20.2 Å². The van der Waals surface area contributed by atoms with Gasteiger partial charge in [0.05, 0.1) is 13.0 Å². The standard InChI is InChI=1S/C7H15NO3.ClH/c1-8(5-6-11-2)4-3-7(9)10;/h3-6H2,1-2H3,(H,9,10);1H. The lowest BCUT2D eigenvalue weighted by Crippen LogP contribution is -2.25. The fourth-order valence-corrected chi connectivity index (χ4v) is 0.645. The molecular weight excluding hydrogens is 182 g/mol. The lowest BCUT2D eigenvalue weighted by Gasteiger charge is -2.13. The number of aliphatic carboxylic acids is 1. The maximum atomic E-state index is 10.1. The van der Waals surface area contributed by atoms with Gasteiger partial charge < -0.3 is 14.7 Å². The van der Waals surface area contributed by atoms with E-state index in [9.17, 15) is 4.79 Å². The molecule has 0 unspecified atom stereocenters. The van der Waals surface area contributed by atoms with Gasteiger partial charge in [-0.1, -0.05) is 0 Å². The Morgan fingerprint density at radius 1 is 1.50 bits per heavy atom. The van der Waals surface area contributed by atoms with Gasteiger partial charge in [-0.25, -0.2) is 0 Å². The van der Waals surface area contributed by atoms with Gasteiger partial charge in [0.25, 0.3) is 0 Å². The molecule has 0 aliphatic heterocycles. The number of hydrogen-bond donors (Lipinski definition) is 1. The highest BCUT2D eigenvalue weighted by Gasteiger charge is 2.00. The zero-order valence-electron chi connectivity index (χ0n) is 7.45. The van der Waals surface area contributed by atoms with Gasteiger partial charge in [0.15, 0.2) is 0 Å². The monoisotopic (exact) mass is 197 g/mol. The summed E-state index contributed by atoms with van der Waals surface area (Å²) in [6.45, 7) is 2.01. The molecule has 0 heterocycles. The van der Waals surface area contributed by atoms with Crippen LogP contribution in [-0.4, -0.2) is 49.8 Å². The zero-order valence-corrected chi connectivity index (χ0v) is 8.26. The summed E-state index contributed by atoms with van der Waals surface area (Å²) in [5, 5.41) is 8.33. The van der Waals surface area contributed by atoms with Crippen molar-refractivity contribution >= 4 is 18.4 Å². The molecule has 1 N–H and O–H groups in total. The Morgan fingerprint density at radius 3 is 2.50 bits per heavy atom. The number of carbonyl (C=O) groups is 1. The topological polar surface area (TPSA) is 49.8 Å². The van der Waals surface area contributed by atoms with Crippen LogP contribution in [0.5, 0.6) is 0 Å². The summed E-state index contributed by atoms with van der Waals surface area (Å²) in [6.07, 6.45) is 0.195. The molecular formula is C7H16ClNO3. The van der Waals surface area contributed by atoms with Crippen molar-refractivity contribution in [3.05, 3.63) is 0 Å². The Morgan fingerprint density at radius 2 is 2.08 bits per heavy atom. The van der Waals surface area contributed by atoms with Crippen LogP contribution in [-0.2, 0) is 9.53 Å². The van der Waals surface area contributed by atoms with Crippen molar-refractivity contribution in [3.63, 3.8) is 0 Å². The molecule has 0 amide bonds. The molecule has 5 heteroatoms. The van der Waals surface area contributed by atoms with Crippen molar-refractivity contribution in [2.24, 2.45) is 0 Å². The van der Waals surface area contributed by atoms with Crippen LogP contribution in [0.2, 0.25) is 0 Å². The first-order valence-corrected chi connectivity index (χ1v) is 3.56. The highest BCUT2D eigenvalue weighted by Crippen LogP contribution is 1.86. The predicted octanol–water partition coefficient (Wildman–Crippen LogP) is 0.461. The largest absolute Gasteiger partial charge is 0.481 e. The van der Waals surface area contributed by atoms with Crippen molar-refractivity contribution in [1.82, 2.24) is 4.90 Å². The second kappa shape index (κ2) is 8.77. The van der Waals surface area contributed by atoms with E-state index >= 15 is 0 Å². The number of hydrogen-bond acceptors (Lipinski definition) is 3. The number of carboxylic acid groups (broad SMARTS) is 1. The third kappa shape index (κ3) is 9.68.